The molecule has 0 saturated carbocycles. The smallest absolute Gasteiger partial charge is 0.253 e. The van der Waals surface area contributed by atoms with Crippen molar-refractivity contribution in [3.63, 3.8) is 0 Å². The number of allylic oxidation sites excluding steroid dienone is 1. The highest BCUT2D eigenvalue weighted by atomic mass is 19.1. The number of hydrogen-bond acceptors (Lipinski definition) is 5. The fraction of sp³-hybridized carbons (Fsp3) is 0.345. The second-order valence-electron chi connectivity index (χ2n) is 9.31. The van der Waals surface area contributed by atoms with Crippen LogP contribution < -0.4 is 10.2 Å². The number of phenolic OH excluding ortho intramolecular Hbond substituents is 1. The highest BCUT2D eigenvalue weighted by molar-refractivity contribution is 5.98. The molecule has 1 amide bonds. The van der Waals surface area contributed by atoms with Crippen molar-refractivity contribution in [2.24, 2.45) is 0 Å². The molecule has 2 aliphatic rings. The van der Waals surface area contributed by atoms with Crippen molar-refractivity contribution in [1.29, 1.82) is 0 Å². The summed E-state index contributed by atoms with van der Waals surface area (Å²) in [6, 6.07) is 13.2. The standard InChI is InChI=1S/C29H35FN4O2/c1-5-24(29(36)33-17-15-32(16-18-33)23-9-7-6-8-10-23)21(3)27-22(4)31-13-14-34(27)19-25-20(2)11-12-26(30)28(25)35/h5-12,31,35H,4,13-19H2,1-3H3/b24-5+,27-21+. The number of para-hydroxylation sites is 1. The van der Waals surface area contributed by atoms with Crippen molar-refractivity contribution in [2.75, 3.05) is 44.2 Å². The molecule has 7 heteroatoms. The van der Waals surface area contributed by atoms with Gasteiger partial charge in [0.15, 0.2) is 11.6 Å². The minimum absolute atomic E-state index is 0.00156. The monoisotopic (exact) mass is 490 g/mol. The molecule has 2 aromatic rings. The van der Waals surface area contributed by atoms with Crippen LogP contribution in [-0.4, -0.2) is 60.1 Å². The third kappa shape index (κ3) is 5.10. The van der Waals surface area contributed by atoms with Crippen LogP contribution in [0.1, 0.15) is 25.0 Å². The van der Waals surface area contributed by atoms with E-state index in [1.807, 2.05) is 49.9 Å². The van der Waals surface area contributed by atoms with Crippen LogP contribution in [0.5, 0.6) is 5.75 Å². The summed E-state index contributed by atoms with van der Waals surface area (Å²) in [5.74, 6) is -0.959. The summed E-state index contributed by atoms with van der Waals surface area (Å²) in [6.07, 6.45) is 1.86. The van der Waals surface area contributed by atoms with Crippen LogP contribution in [0.2, 0.25) is 0 Å². The second-order valence-corrected chi connectivity index (χ2v) is 9.31. The highest BCUT2D eigenvalue weighted by Crippen LogP contribution is 2.32. The molecule has 2 saturated heterocycles. The molecule has 0 unspecified atom stereocenters. The summed E-state index contributed by atoms with van der Waals surface area (Å²) >= 11 is 0. The molecule has 6 nitrogen and oxygen atoms in total. The largest absolute Gasteiger partial charge is 0.505 e. The van der Waals surface area contributed by atoms with Crippen LogP contribution in [0.4, 0.5) is 10.1 Å². The zero-order valence-corrected chi connectivity index (χ0v) is 21.4. The van der Waals surface area contributed by atoms with E-state index in [0.29, 0.717) is 49.6 Å². The molecule has 0 atom stereocenters. The van der Waals surface area contributed by atoms with Crippen molar-refractivity contribution in [1.82, 2.24) is 15.1 Å². The van der Waals surface area contributed by atoms with Gasteiger partial charge < -0.3 is 25.1 Å². The van der Waals surface area contributed by atoms with Crippen molar-refractivity contribution in [3.8, 4) is 5.75 Å². The number of nitrogens with one attached hydrogen (secondary N) is 1. The first-order chi connectivity index (χ1) is 17.3. The predicted molar refractivity (Wildman–Crippen MR) is 142 cm³/mol. The fourth-order valence-electron chi connectivity index (χ4n) is 5.05. The number of carbonyl (C=O) groups is 1. The number of phenols is 1. The van der Waals surface area contributed by atoms with Gasteiger partial charge in [-0.2, -0.15) is 0 Å². The number of carbonyl (C=O) groups excluding carboxylic acids is 1. The van der Waals surface area contributed by atoms with E-state index in [1.165, 1.54) is 11.8 Å². The lowest BCUT2D eigenvalue weighted by molar-refractivity contribution is -0.127. The van der Waals surface area contributed by atoms with Gasteiger partial charge in [-0.05, 0) is 50.1 Å². The van der Waals surface area contributed by atoms with Crippen LogP contribution >= 0.6 is 0 Å². The maximum Gasteiger partial charge on any atom is 0.253 e. The SMILES string of the molecule is C=C1NCCN(Cc2c(C)ccc(F)c2O)/C1=C(C)/C(=C\C)C(=O)N1CCN(c2ccccc2)CC1. The number of aryl methyl sites for hydroxylation is 1. The number of anilines is 1. The summed E-state index contributed by atoms with van der Waals surface area (Å²) < 4.78 is 14.1. The number of benzene rings is 2. The molecular weight excluding hydrogens is 455 g/mol. The van der Waals surface area contributed by atoms with E-state index in [2.05, 4.69) is 33.8 Å². The Morgan fingerprint density at radius 2 is 1.81 bits per heavy atom. The molecule has 190 valence electrons. The molecule has 0 radical (unpaired) electrons. The molecular formula is C29H35FN4O2. The van der Waals surface area contributed by atoms with Gasteiger partial charge in [-0.3, -0.25) is 4.79 Å². The van der Waals surface area contributed by atoms with Crippen molar-refractivity contribution < 1.29 is 14.3 Å². The van der Waals surface area contributed by atoms with Gasteiger partial charge in [-0.15, -0.1) is 0 Å². The van der Waals surface area contributed by atoms with Gasteiger partial charge in [-0.1, -0.05) is 36.9 Å². The van der Waals surface area contributed by atoms with Gasteiger partial charge in [0.1, 0.15) is 0 Å². The third-order valence-electron chi connectivity index (χ3n) is 7.11. The van der Waals surface area contributed by atoms with Gasteiger partial charge in [0.05, 0.1) is 11.4 Å². The van der Waals surface area contributed by atoms with Crippen LogP contribution in [-0.2, 0) is 11.3 Å². The van der Waals surface area contributed by atoms with E-state index in [4.69, 9.17) is 0 Å². The number of hydrogen-bond donors (Lipinski definition) is 2. The number of halogens is 1. The first-order valence-electron chi connectivity index (χ1n) is 12.4. The Balaban J connectivity index is 1.56. The topological polar surface area (TPSA) is 59.1 Å². The minimum Gasteiger partial charge on any atom is -0.505 e. The summed E-state index contributed by atoms with van der Waals surface area (Å²) in [5.41, 5.74) is 5.51. The van der Waals surface area contributed by atoms with Gasteiger partial charge in [-0.25, -0.2) is 4.39 Å². The fourth-order valence-corrected chi connectivity index (χ4v) is 5.05. The minimum atomic E-state index is -0.634. The zero-order chi connectivity index (χ0) is 25.8. The molecule has 2 heterocycles. The Labute approximate surface area is 213 Å². The van der Waals surface area contributed by atoms with Crippen LogP contribution in [0.25, 0.3) is 0 Å². The molecule has 0 bridgehead atoms. The van der Waals surface area contributed by atoms with Gasteiger partial charge in [0.2, 0.25) is 0 Å². The quantitative estimate of drug-likeness (QED) is 0.611. The van der Waals surface area contributed by atoms with E-state index >= 15 is 0 Å². The summed E-state index contributed by atoms with van der Waals surface area (Å²) in [6.45, 7) is 14.4. The molecule has 0 spiro atoms. The lowest BCUT2D eigenvalue weighted by Crippen LogP contribution is -2.49. The maximum atomic E-state index is 14.1. The summed E-state index contributed by atoms with van der Waals surface area (Å²) in [5, 5.41) is 13.7. The Morgan fingerprint density at radius 3 is 2.47 bits per heavy atom. The maximum absolute atomic E-state index is 14.1. The van der Waals surface area contributed by atoms with E-state index in [9.17, 15) is 14.3 Å². The molecule has 0 aromatic heterocycles. The molecule has 4 rings (SSSR count). The third-order valence-corrected chi connectivity index (χ3v) is 7.11. The van der Waals surface area contributed by atoms with Gasteiger partial charge in [0, 0.05) is 62.6 Å². The van der Waals surface area contributed by atoms with Crippen LogP contribution in [0, 0.1) is 12.7 Å². The lowest BCUT2D eigenvalue weighted by atomic mass is 9.98. The van der Waals surface area contributed by atoms with Crippen molar-refractivity contribution >= 4 is 11.6 Å². The average molecular weight is 491 g/mol. The van der Waals surface area contributed by atoms with Crippen LogP contribution in [0.15, 0.2) is 77.7 Å². The average Bonchev–Trinajstić information content (AvgIpc) is 2.89. The number of aromatic hydroxyl groups is 1. The number of piperazine rings is 2. The summed E-state index contributed by atoms with van der Waals surface area (Å²) in [7, 11) is 0. The van der Waals surface area contributed by atoms with Gasteiger partial charge >= 0.3 is 0 Å². The van der Waals surface area contributed by atoms with E-state index in [-0.39, 0.29) is 11.7 Å². The summed E-state index contributed by atoms with van der Waals surface area (Å²) in [4.78, 5) is 19.9. The van der Waals surface area contributed by atoms with E-state index in [1.54, 1.807) is 6.07 Å². The van der Waals surface area contributed by atoms with Gasteiger partial charge in [0.25, 0.3) is 5.91 Å². The lowest BCUT2D eigenvalue weighted by Gasteiger charge is -2.38. The number of amides is 1. The Hall–Kier alpha value is -3.74. The molecule has 2 aromatic carbocycles. The van der Waals surface area contributed by atoms with Crippen molar-refractivity contribution in [2.45, 2.75) is 27.3 Å². The molecule has 2 N–H and O–H groups in total. The predicted octanol–water partition coefficient (Wildman–Crippen LogP) is 4.33. The van der Waals surface area contributed by atoms with E-state index in [0.717, 1.165) is 29.9 Å². The second kappa shape index (κ2) is 10.9. The number of rotatable bonds is 5. The number of nitrogens with zero attached hydrogens (tertiary/aromatic N) is 3. The van der Waals surface area contributed by atoms with Crippen LogP contribution in [0.3, 0.4) is 0 Å². The Morgan fingerprint density at radius 1 is 1.11 bits per heavy atom. The highest BCUT2D eigenvalue weighted by Gasteiger charge is 2.29. The first-order valence-corrected chi connectivity index (χ1v) is 12.4. The first kappa shape index (κ1) is 25.4. The Kier molecular flexibility index (Phi) is 7.67. The van der Waals surface area contributed by atoms with E-state index < -0.39 is 5.82 Å². The van der Waals surface area contributed by atoms with Crippen molar-refractivity contribution in [3.05, 3.63) is 94.6 Å². The molecule has 2 aliphatic heterocycles. The molecule has 36 heavy (non-hydrogen) atoms. The molecule has 0 aliphatic carbocycles. The Bertz CT molecular complexity index is 1200. The zero-order valence-electron chi connectivity index (χ0n) is 21.4. The molecule has 2 fully saturated rings. The normalized spacial score (nSPS) is 18.3.